The molecule has 2 fully saturated rings. The van der Waals surface area contributed by atoms with Crippen molar-refractivity contribution in [3.63, 3.8) is 0 Å². The highest BCUT2D eigenvalue weighted by molar-refractivity contribution is 6.31. The van der Waals surface area contributed by atoms with Gasteiger partial charge in [-0.05, 0) is 88.6 Å². The number of aliphatic hydroxyl groups is 1. The van der Waals surface area contributed by atoms with Gasteiger partial charge in [-0.3, -0.25) is 9.48 Å². The molecule has 10 heteroatoms. The normalized spacial score (nSPS) is 24.1. The third-order valence-electron chi connectivity index (χ3n) is 8.97. The van der Waals surface area contributed by atoms with Gasteiger partial charge in [0.1, 0.15) is 17.1 Å². The van der Waals surface area contributed by atoms with E-state index in [1.807, 2.05) is 11.7 Å². The van der Waals surface area contributed by atoms with Crippen LogP contribution in [0.4, 0.5) is 10.1 Å². The number of nitrogens with zero attached hydrogens (tertiary/aromatic N) is 5. The average molecular weight is 565 g/mol. The van der Waals surface area contributed by atoms with Crippen LogP contribution >= 0.6 is 11.6 Å². The molecule has 6 rings (SSSR count). The molecule has 0 radical (unpaired) electrons. The lowest BCUT2D eigenvalue weighted by molar-refractivity contribution is 0.0257. The van der Waals surface area contributed by atoms with Crippen LogP contribution in [0.5, 0.6) is 0 Å². The molecule has 0 spiro atoms. The van der Waals surface area contributed by atoms with Gasteiger partial charge in [-0.25, -0.2) is 9.37 Å². The summed E-state index contributed by atoms with van der Waals surface area (Å²) < 4.78 is 19.3. The van der Waals surface area contributed by atoms with Crippen LogP contribution in [0, 0.1) is 38.4 Å². The van der Waals surface area contributed by atoms with E-state index in [0.717, 1.165) is 47.0 Å². The maximum Gasteiger partial charge on any atom is 0.274 e. The molecule has 3 heterocycles. The van der Waals surface area contributed by atoms with Crippen molar-refractivity contribution in [3.8, 4) is 5.82 Å². The van der Waals surface area contributed by atoms with Crippen LogP contribution in [0.1, 0.15) is 70.4 Å². The van der Waals surface area contributed by atoms with Crippen LogP contribution in [0.2, 0.25) is 5.02 Å². The molecule has 2 atom stereocenters. The minimum Gasteiger partial charge on any atom is -0.384 e. The van der Waals surface area contributed by atoms with Crippen LogP contribution in [0.3, 0.4) is 0 Å². The number of benzene rings is 1. The van der Waals surface area contributed by atoms with Crippen molar-refractivity contribution in [1.29, 1.82) is 0 Å². The first kappa shape index (κ1) is 26.8. The second-order valence-corrected chi connectivity index (χ2v) is 12.1. The van der Waals surface area contributed by atoms with Crippen LogP contribution in [-0.2, 0) is 19.7 Å². The van der Waals surface area contributed by atoms with Gasteiger partial charge in [0.15, 0.2) is 5.82 Å². The second-order valence-electron chi connectivity index (χ2n) is 11.7. The Labute approximate surface area is 237 Å². The maximum atomic E-state index is 13.6. The Hall–Kier alpha value is -3.43. The van der Waals surface area contributed by atoms with Gasteiger partial charge >= 0.3 is 0 Å². The summed E-state index contributed by atoms with van der Waals surface area (Å²) in [7, 11) is 3.72. The summed E-state index contributed by atoms with van der Waals surface area (Å²) in [5.74, 6) is 0.776. The molecule has 1 aromatic carbocycles. The highest BCUT2D eigenvalue weighted by Gasteiger charge is 2.52. The number of anilines is 1. The van der Waals surface area contributed by atoms with Gasteiger partial charge in [-0.15, -0.1) is 0 Å². The van der Waals surface area contributed by atoms with Gasteiger partial charge in [0.25, 0.3) is 5.91 Å². The van der Waals surface area contributed by atoms with Crippen LogP contribution in [0.25, 0.3) is 5.82 Å². The topological polar surface area (TPSA) is 89.9 Å². The monoisotopic (exact) mass is 564 g/mol. The first-order valence-corrected chi connectivity index (χ1v) is 14.0. The van der Waals surface area contributed by atoms with Gasteiger partial charge < -0.3 is 19.6 Å². The number of imidazole rings is 1. The third kappa shape index (κ3) is 4.27. The molecule has 4 aromatic rings. The van der Waals surface area contributed by atoms with Crippen molar-refractivity contribution in [2.75, 3.05) is 5.32 Å². The van der Waals surface area contributed by atoms with Crippen LogP contribution in [0.15, 0.2) is 36.7 Å². The summed E-state index contributed by atoms with van der Waals surface area (Å²) in [6.45, 7) is 6.19. The van der Waals surface area contributed by atoms with E-state index in [-0.39, 0.29) is 16.8 Å². The van der Waals surface area contributed by atoms with Gasteiger partial charge in [0.05, 0.1) is 22.7 Å². The lowest BCUT2D eigenvalue weighted by Crippen LogP contribution is -2.27. The van der Waals surface area contributed by atoms with Crippen molar-refractivity contribution in [1.82, 2.24) is 23.9 Å². The Bertz CT molecular complexity index is 1600. The van der Waals surface area contributed by atoms with Crippen molar-refractivity contribution in [2.24, 2.45) is 25.9 Å². The minimum atomic E-state index is -0.953. The number of aryl methyl sites for hydroxylation is 4. The van der Waals surface area contributed by atoms with E-state index >= 15 is 0 Å². The standard InChI is InChI=1S/C30H34ClFN6O2/c1-16-6-7-17(2)38(16)28-18(3)27(37(5)35-28)30(40)13-20-10-19(11-21(20)14-30)25-26(36(4)15-33-25)29(39)34-22-8-9-24(32)23(31)12-22/h6-9,12,15,19-21,40H,10-11,13-14H2,1-5H3,(H,34,39). The molecule has 210 valence electrons. The fourth-order valence-corrected chi connectivity index (χ4v) is 7.53. The lowest BCUT2D eigenvalue weighted by Gasteiger charge is -2.26. The van der Waals surface area contributed by atoms with Gasteiger partial charge in [0.2, 0.25) is 0 Å². The van der Waals surface area contributed by atoms with Crippen molar-refractivity contribution in [3.05, 3.63) is 81.5 Å². The molecular weight excluding hydrogens is 531 g/mol. The molecule has 40 heavy (non-hydrogen) atoms. The van der Waals surface area contributed by atoms with E-state index < -0.39 is 11.4 Å². The SMILES string of the molecule is Cc1c(-n2c(C)ccc2C)nn(C)c1C1(O)CC2CC(c3ncn(C)c3C(=O)Nc3ccc(F)c(Cl)c3)CC2C1. The second kappa shape index (κ2) is 9.59. The predicted octanol–water partition coefficient (Wildman–Crippen LogP) is 5.71. The molecular formula is C30H34ClFN6O2. The first-order valence-electron chi connectivity index (χ1n) is 13.7. The van der Waals surface area contributed by atoms with Crippen molar-refractivity contribution >= 4 is 23.2 Å². The van der Waals surface area contributed by atoms with E-state index in [4.69, 9.17) is 16.7 Å². The zero-order valence-corrected chi connectivity index (χ0v) is 24.1. The Morgan fingerprint density at radius 3 is 2.38 bits per heavy atom. The number of nitrogens with one attached hydrogen (secondary N) is 1. The number of amides is 1. The maximum absolute atomic E-state index is 13.6. The van der Waals surface area contributed by atoms with E-state index in [2.05, 4.69) is 47.8 Å². The summed E-state index contributed by atoms with van der Waals surface area (Å²) in [6.07, 6.45) is 4.68. The van der Waals surface area contributed by atoms with Crippen molar-refractivity contribution < 1.29 is 14.3 Å². The third-order valence-corrected chi connectivity index (χ3v) is 9.26. The Morgan fingerprint density at radius 2 is 1.75 bits per heavy atom. The predicted molar refractivity (Wildman–Crippen MR) is 151 cm³/mol. The van der Waals surface area contributed by atoms with Gasteiger partial charge in [-0.2, -0.15) is 5.10 Å². The van der Waals surface area contributed by atoms with E-state index in [9.17, 15) is 14.3 Å². The molecule has 0 aliphatic heterocycles. The van der Waals surface area contributed by atoms with Gasteiger partial charge in [-0.1, -0.05) is 11.6 Å². The van der Waals surface area contributed by atoms with Crippen LogP contribution in [-0.4, -0.2) is 34.9 Å². The largest absolute Gasteiger partial charge is 0.384 e. The average Bonchev–Trinajstić information content (AvgIpc) is 3.66. The number of carbonyl (C=O) groups excluding carboxylic acids is 1. The number of aromatic nitrogens is 5. The summed E-state index contributed by atoms with van der Waals surface area (Å²) in [6, 6.07) is 8.28. The number of halogens is 2. The molecule has 2 saturated carbocycles. The molecule has 0 saturated heterocycles. The fraction of sp³-hybridized carbons (Fsp3) is 0.433. The summed E-state index contributed by atoms with van der Waals surface area (Å²) >= 11 is 5.90. The molecule has 1 amide bonds. The Kier molecular flexibility index (Phi) is 6.42. The van der Waals surface area contributed by atoms with E-state index in [0.29, 0.717) is 36.1 Å². The lowest BCUT2D eigenvalue weighted by atomic mass is 9.88. The molecule has 2 unspecified atom stereocenters. The molecule has 0 bridgehead atoms. The fourth-order valence-electron chi connectivity index (χ4n) is 7.35. The summed E-state index contributed by atoms with van der Waals surface area (Å²) in [5, 5.41) is 19.6. The minimum absolute atomic E-state index is 0.0476. The Balaban J connectivity index is 1.21. The molecule has 3 aromatic heterocycles. The smallest absolute Gasteiger partial charge is 0.274 e. The summed E-state index contributed by atoms with van der Waals surface area (Å²) in [4.78, 5) is 17.9. The Morgan fingerprint density at radius 1 is 1.10 bits per heavy atom. The van der Waals surface area contributed by atoms with Crippen LogP contribution < -0.4 is 5.32 Å². The highest BCUT2D eigenvalue weighted by atomic mass is 35.5. The number of fused-ring (bicyclic) bond motifs is 1. The number of hydrogen-bond donors (Lipinski definition) is 2. The zero-order chi connectivity index (χ0) is 28.5. The highest BCUT2D eigenvalue weighted by Crippen LogP contribution is 2.57. The molecule has 2 aliphatic carbocycles. The van der Waals surface area contributed by atoms with Crippen molar-refractivity contribution in [2.45, 2.75) is 58.0 Å². The summed E-state index contributed by atoms with van der Waals surface area (Å²) in [5.41, 5.74) is 4.85. The number of rotatable bonds is 5. The van der Waals surface area contributed by atoms with E-state index in [1.165, 1.54) is 18.2 Å². The quantitative estimate of drug-likeness (QED) is 0.325. The zero-order valence-electron chi connectivity index (χ0n) is 23.4. The first-order chi connectivity index (χ1) is 19.0. The van der Waals surface area contributed by atoms with E-state index in [1.54, 1.807) is 17.9 Å². The molecule has 8 nitrogen and oxygen atoms in total. The number of hydrogen-bond acceptors (Lipinski definition) is 4. The molecule has 2 N–H and O–H groups in total. The number of carbonyl (C=O) groups is 1. The molecule has 2 aliphatic rings. The van der Waals surface area contributed by atoms with Gasteiger partial charge in [0, 0.05) is 42.7 Å².